The maximum atomic E-state index is 12.1. The number of likely N-dealkylation sites (tertiary alicyclic amines) is 1. The fraction of sp³-hybridized carbons (Fsp3) is 0.579. The van der Waals surface area contributed by atoms with Crippen LogP contribution in [0.4, 0.5) is 0 Å². The molecule has 0 aromatic heterocycles. The highest BCUT2D eigenvalue weighted by molar-refractivity contribution is 5.78. The lowest BCUT2D eigenvalue weighted by Gasteiger charge is -2.31. The van der Waals surface area contributed by atoms with E-state index in [0.717, 1.165) is 37.9 Å². The second kappa shape index (κ2) is 9.42. The van der Waals surface area contributed by atoms with E-state index in [4.69, 9.17) is 4.74 Å². The summed E-state index contributed by atoms with van der Waals surface area (Å²) in [5, 5.41) is 3.04. The van der Waals surface area contributed by atoms with E-state index in [1.54, 1.807) is 0 Å². The number of nitrogens with zero attached hydrogens (tertiary/aromatic N) is 1. The van der Waals surface area contributed by atoms with Crippen molar-refractivity contribution < 1.29 is 14.3 Å². The van der Waals surface area contributed by atoms with Crippen molar-refractivity contribution in [1.82, 2.24) is 10.2 Å². The predicted molar refractivity (Wildman–Crippen MR) is 93.7 cm³/mol. The van der Waals surface area contributed by atoms with E-state index in [1.165, 1.54) is 12.7 Å². The number of benzene rings is 1. The third-order valence-corrected chi connectivity index (χ3v) is 4.57. The van der Waals surface area contributed by atoms with E-state index in [2.05, 4.69) is 29.3 Å². The molecule has 24 heavy (non-hydrogen) atoms. The van der Waals surface area contributed by atoms with Crippen molar-refractivity contribution >= 4 is 11.9 Å². The molecule has 1 aromatic rings. The van der Waals surface area contributed by atoms with Crippen LogP contribution >= 0.6 is 0 Å². The average Bonchev–Trinajstić information content (AvgIpc) is 2.61. The number of piperidine rings is 1. The number of hydrogen-bond donors (Lipinski definition) is 1. The van der Waals surface area contributed by atoms with Gasteiger partial charge >= 0.3 is 5.97 Å². The molecule has 0 aliphatic carbocycles. The van der Waals surface area contributed by atoms with Crippen LogP contribution in [0.15, 0.2) is 24.3 Å². The number of ether oxygens (including phenoxy) is 1. The molecule has 2 rings (SSSR count). The van der Waals surface area contributed by atoms with Crippen LogP contribution in [0.3, 0.4) is 0 Å². The summed E-state index contributed by atoms with van der Waals surface area (Å²) >= 11 is 0. The monoisotopic (exact) mass is 332 g/mol. The van der Waals surface area contributed by atoms with Gasteiger partial charge in [0.2, 0.25) is 5.91 Å². The molecular formula is C19H28N2O3. The first-order valence-electron chi connectivity index (χ1n) is 8.74. The zero-order chi connectivity index (χ0) is 17.4. The number of rotatable bonds is 7. The van der Waals surface area contributed by atoms with Crippen LogP contribution in [0.1, 0.15) is 30.9 Å². The van der Waals surface area contributed by atoms with E-state index >= 15 is 0 Å². The van der Waals surface area contributed by atoms with Crippen molar-refractivity contribution in [3.63, 3.8) is 0 Å². The second-order valence-corrected chi connectivity index (χ2v) is 6.47. The molecule has 5 heteroatoms. The number of esters is 1. The average molecular weight is 332 g/mol. The van der Waals surface area contributed by atoms with E-state index in [1.807, 2.05) is 12.1 Å². The maximum Gasteiger partial charge on any atom is 0.319 e. The third kappa shape index (κ3) is 5.96. The van der Waals surface area contributed by atoms with Gasteiger partial charge in [-0.1, -0.05) is 31.2 Å². The van der Waals surface area contributed by atoms with E-state index < -0.39 is 0 Å². The molecule has 1 atom stereocenters. The highest BCUT2D eigenvalue weighted by atomic mass is 16.5. The quantitative estimate of drug-likeness (QED) is 0.774. The van der Waals surface area contributed by atoms with Gasteiger partial charge in [0.25, 0.3) is 0 Å². The van der Waals surface area contributed by atoms with Crippen LogP contribution < -0.4 is 5.32 Å². The molecule has 1 aliphatic heterocycles. The van der Waals surface area contributed by atoms with Gasteiger partial charge in [-0.05, 0) is 42.9 Å². The first-order chi connectivity index (χ1) is 11.6. The van der Waals surface area contributed by atoms with Gasteiger partial charge in [-0.15, -0.1) is 0 Å². The van der Waals surface area contributed by atoms with Crippen LogP contribution in [-0.2, 0) is 27.2 Å². The van der Waals surface area contributed by atoms with Crippen LogP contribution in [0.2, 0.25) is 0 Å². The molecule has 0 bridgehead atoms. The molecule has 0 spiro atoms. The van der Waals surface area contributed by atoms with E-state index in [9.17, 15) is 9.59 Å². The van der Waals surface area contributed by atoms with E-state index in [-0.39, 0.29) is 11.9 Å². The SMILES string of the molecule is CCc1ccc(CC(=O)NC[C@@H]2CCCN(CC(=O)OC)C2)cc1. The summed E-state index contributed by atoms with van der Waals surface area (Å²) < 4.78 is 4.72. The molecule has 1 fully saturated rings. The Morgan fingerprint density at radius 1 is 1.25 bits per heavy atom. The van der Waals surface area contributed by atoms with Gasteiger partial charge in [0.1, 0.15) is 0 Å². The molecule has 1 saturated heterocycles. The van der Waals surface area contributed by atoms with Crippen molar-refractivity contribution in [3.05, 3.63) is 35.4 Å². The lowest BCUT2D eigenvalue weighted by atomic mass is 9.98. The number of aryl methyl sites for hydroxylation is 1. The van der Waals surface area contributed by atoms with Crippen molar-refractivity contribution in [1.29, 1.82) is 0 Å². The molecule has 0 radical (unpaired) electrons. The Hall–Kier alpha value is -1.88. The Balaban J connectivity index is 1.73. The maximum absolute atomic E-state index is 12.1. The molecule has 1 aromatic carbocycles. The normalized spacial score (nSPS) is 18.2. The summed E-state index contributed by atoms with van der Waals surface area (Å²) in [6, 6.07) is 8.21. The zero-order valence-electron chi connectivity index (χ0n) is 14.7. The number of carbonyl (C=O) groups excluding carboxylic acids is 2. The van der Waals surface area contributed by atoms with Crippen LogP contribution in [-0.4, -0.2) is 50.1 Å². The van der Waals surface area contributed by atoms with Crippen molar-refractivity contribution in [2.75, 3.05) is 33.3 Å². The molecule has 0 unspecified atom stereocenters. The Morgan fingerprint density at radius 3 is 2.62 bits per heavy atom. The van der Waals surface area contributed by atoms with E-state index in [0.29, 0.717) is 25.4 Å². The summed E-state index contributed by atoms with van der Waals surface area (Å²) in [6.45, 7) is 4.88. The lowest BCUT2D eigenvalue weighted by Crippen LogP contribution is -2.43. The second-order valence-electron chi connectivity index (χ2n) is 6.47. The minimum Gasteiger partial charge on any atom is -0.468 e. The molecular weight excluding hydrogens is 304 g/mol. The smallest absolute Gasteiger partial charge is 0.319 e. The molecule has 1 amide bonds. The minimum atomic E-state index is -0.199. The first-order valence-corrected chi connectivity index (χ1v) is 8.74. The Morgan fingerprint density at radius 2 is 1.96 bits per heavy atom. The molecule has 0 saturated carbocycles. The van der Waals surface area contributed by atoms with Gasteiger partial charge in [0.05, 0.1) is 20.1 Å². The van der Waals surface area contributed by atoms with Gasteiger partial charge in [0.15, 0.2) is 0 Å². The Bertz CT molecular complexity index is 542. The van der Waals surface area contributed by atoms with Gasteiger partial charge in [-0.25, -0.2) is 0 Å². The largest absolute Gasteiger partial charge is 0.468 e. The highest BCUT2D eigenvalue weighted by Gasteiger charge is 2.22. The number of hydrogen-bond acceptors (Lipinski definition) is 4. The van der Waals surface area contributed by atoms with Crippen LogP contribution in [0.5, 0.6) is 0 Å². The topological polar surface area (TPSA) is 58.6 Å². The summed E-state index contributed by atoms with van der Waals surface area (Å²) in [7, 11) is 1.41. The fourth-order valence-corrected chi connectivity index (χ4v) is 3.11. The van der Waals surface area contributed by atoms with Gasteiger partial charge < -0.3 is 10.1 Å². The number of amides is 1. The minimum absolute atomic E-state index is 0.0596. The first kappa shape index (κ1) is 18.5. The zero-order valence-corrected chi connectivity index (χ0v) is 14.7. The molecule has 1 N–H and O–H groups in total. The van der Waals surface area contributed by atoms with Gasteiger partial charge in [-0.3, -0.25) is 14.5 Å². The lowest BCUT2D eigenvalue weighted by molar-refractivity contribution is -0.142. The fourth-order valence-electron chi connectivity index (χ4n) is 3.11. The summed E-state index contributed by atoms with van der Waals surface area (Å²) in [4.78, 5) is 25.6. The standard InChI is InChI=1S/C19H28N2O3/c1-3-15-6-8-16(9-7-15)11-18(22)20-12-17-5-4-10-21(13-17)14-19(23)24-2/h6-9,17H,3-5,10-14H2,1-2H3,(H,20,22)/t17-/m0/s1. The third-order valence-electron chi connectivity index (χ3n) is 4.57. The number of methoxy groups -OCH3 is 1. The predicted octanol–water partition coefficient (Wildman–Crippen LogP) is 1.79. The van der Waals surface area contributed by atoms with Crippen LogP contribution in [0.25, 0.3) is 0 Å². The van der Waals surface area contributed by atoms with Crippen LogP contribution in [0, 0.1) is 5.92 Å². The van der Waals surface area contributed by atoms with Crippen molar-refractivity contribution in [2.24, 2.45) is 5.92 Å². The molecule has 1 heterocycles. The molecule has 5 nitrogen and oxygen atoms in total. The summed E-state index contributed by atoms with van der Waals surface area (Å²) in [6.07, 6.45) is 3.57. The number of carbonyl (C=O) groups is 2. The summed E-state index contributed by atoms with van der Waals surface area (Å²) in [5.74, 6) is 0.259. The highest BCUT2D eigenvalue weighted by Crippen LogP contribution is 2.15. The molecule has 1 aliphatic rings. The van der Waals surface area contributed by atoms with Gasteiger partial charge in [0, 0.05) is 13.1 Å². The summed E-state index contributed by atoms with van der Waals surface area (Å²) in [5.41, 5.74) is 2.33. The number of nitrogens with one attached hydrogen (secondary N) is 1. The molecule has 132 valence electrons. The Labute approximate surface area is 144 Å². The van der Waals surface area contributed by atoms with Crippen molar-refractivity contribution in [3.8, 4) is 0 Å². The van der Waals surface area contributed by atoms with Crippen molar-refractivity contribution in [2.45, 2.75) is 32.6 Å². The van der Waals surface area contributed by atoms with Gasteiger partial charge in [-0.2, -0.15) is 0 Å². The Kier molecular flexibility index (Phi) is 7.25.